The van der Waals surface area contributed by atoms with Crippen LogP contribution < -0.4 is 0 Å². The summed E-state index contributed by atoms with van der Waals surface area (Å²) in [7, 11) is 0. The Bertz CT molecular complexity index is 1050. The maximum absolute atomic E-state index is 14.0. The van der Waals surface area contributed by atoms with Crippen molar-refractivity contribution in [2.75, 3.05) is 0 Å². The molecule has 0 radical (unpaired) electrons. The molecule has 1 aromatic heterocycles. The summed E-state index contributed by atoms with van der Waals surface area (Å²) in [4.78, 5) is 4.11. The summed E-state index contributed by atoms with van der Waals surface area (Å²) in [6.45, 7) is 0. The van der Waals surface area contributed by atoms with Crippen LogP contribution in [-0.4, -0.2) is 11.2 Å². The fourth-order valence-electron chi connectivity index (χ4n) is 3.37. The van der Waals surface area contributed by atoms with Crippen LogP contribution in [0.2, 0.25) is 0 Å². The number of aromatic nitrogens is 1. The minimum atomic E-state index is -4.44. The van der Waals surface area contributed by atoms with E-state index in [-0.39, 0.29) is 11.3 Å². The highest BCUT2D eigenvalue weighted by molar-refractivity contribution is 5.85. The molecule has 4 heteroatoms. The first-order valence-electron chi connectivity index (χ1n) is 8.60. The van der Waals surface area contributed by atoms with Gasteiger partial charge >= 0.3 is 6.18 Å². The van der Waals surface area contributed by atoms with E-state index in [1.807, 2.05) is 36.4 Å². The van der Waals surface area contributed by atoms with E-state index in [9.17, 15) is 13.2 Å². The van der Waals surface area contributed by atoms with E-state index in [0.717, 1.165) is 16.5 Å². The number of pyridine rings is 1. The first-order valence-corrected chi connectivity index (χ1v) is 8.60. The summed E-state index contributed by atoms with van der Waals surface area (Å²) >= 11 is 0. The molecule has 1 atom stereocenters. The zero-order valence-electron chi connectivity index (χ0n) is 14.3. The van der Waals surface area contributed by atoms with Crippen molar-refractivity contribution in [2.45, 2.75) is 12.1 Å². The SMILES string of the molecule is FC(F)(F)C(c1ccc(-c2ccccc2)cc1)c1nccc2ccccc12. The summed E-state index contributed by atoms with van der Waals surface area (Å²) in [6.07, 6.45) is -3.00. The van der Waals surface area contributed by atoms with Gasteiger partial charge in [-0.25, -0.2) is 0 Å². The van der Waals surface area contributed by atoms with Gasteiger partial charge in [-0.3, -0.25) is 4.98 Å². The lowest BCUT2D eigenvalue weighted by molar-refractivity contribution is -0.141. The Morgan fingerprint density at radius 2 is 1.30 bits per heavy atom. The van der Waals surface area contributed by atoms with Crippen LogP contribution in [0.25, 0.3) is 21.9 Å². The molecule has 0 saturated heterocycles. The van der Waals surface area contributed by atoms with Gasteiger partial charge in [-0.05, 0) is 28.1 Å². The number of alkyl halides is 3. The predicted molar refractivity (Wildman–Crippen MR) is 102 cm³/mol. The van der Waals surface area contributed by atoms with E-state index in [1.54, 1.807) is 48.5 Å². The van der Waals surface area contributed by atoms with E-state index in [1.165, 1.54) is 6.20 Å². The van der Waals surface area contributed by atoms with Crippen molar-refractivity contribution < 1.29 is 13.2 Å². The molecular weight excluding hydrogens is 347 g/mol. The molecule has 0 aliphatic heterocycles. The van der Waals surface area contributed by atoms with Crippen molar-refractivity contribution in [1.29, 1.82) is 0 Å². The van der Waals surface area contributed by atoms with Gasteiger partial charge in [0.15, 0.2) is 0 Å². The maximum Gasteiger partial charge on any atom is 0.401 e. The molecule has 0 aliphatic rings. The zero-order chi connectivity index (χ0) is 18.9. The summed E-state index contributed by atoms with van der Waals surface area (Å²) in [5.41, 5.74) is 2.07. The maximum atomic E-state index is 14.0. The summed E-state index contributed by atoms with van der Waals surface area (Å²) < 4.78 is 42.0. The molecule has 0 N–H and O–H groups in total. The number of fused-ring (bicyclic) bond motifs is 1. The Morgan fingerprint density at radius 1 is 0.667 bits per heavy atom. The van der Waals surface area contributed by atoms with Crippen molar-refractivity contribution in [2.24, 2.45) is 0 Å². The normalized spacial score (nSPS) is 12.9. The van der Waals surface area contributed by atoms with E-state index in [2.05, 4.69) is 4.98 Å². The lowest BCUT2D eigenvalue weighted by atomic mass is 9.90. The molecule has 0 saturated carbocycles. The summed E-state index contributed by atoms with van der Waals surface area (Å²) in [5, 5.41) is 1.27. The molecule has 4 rings (SSSR count). The topological polar surface area (TPSA) is 12.9 Å². The Hall–Kier alpha value is -3.14. The number of hydrogen-bond acceptors (Lipinski definition) is 1. The van der Waals surface area contributed by atoms with Crippen LogP contribution in [0.4, 0.5) is 13.2 Å². The molecule has 1 nitrogen and oxygen atoms in total. The van der Waals surface area contributed by atoms with Crippen LogP contribution in [-0.2, 0) is 0 Å². The monoisotopic (exact) mass is 363 g/mol. The highest BCUT2D eigenvalue weighted by atomic mass is 19.4. The van der Waals surface area contributed by atoms with Crippen molar-refractivity contribution in [3.8, 4) is 11.1 Å². The Labute approximate surface area is 155 Å². The minimum absolute atomic E-state index is 0.0352. The molecule has 0 spiro atoms. The fraction of sp³-hybridized carbons (Fsp3) is 0.0870. The molecule has 1 unspecified atom stereocenters. The Morgan fingerprint density at radius 3 is 2.00 bits per heavy atom. The molecule has 0 aliphatic carbocycles. The van der Waals surface area contributed by atoms with Gasteiger partial charge in [0, 0.05) is 11.6 Å². The minimum Gasteiger partial charge on any atom is -0.260 e. The quantitative estimate of drug-likeness (QED) is 0.400. The van der Waals surface area contributed by atoms with Gasteiger partial charge in [0.25, 0.3) is 0 Å². The first-order chi connectivity index (χ1) is 13.0. The second-order valence-corrected chi connectivity index (χ2v) is 6.38. The smallest absolute Gasteiger partial charge is 0.260 e. The van der Waals surface area contributed by atoms with Crippen LogP contribution in [0.1, 0.15) is 17.2 Å². The van der Waals surface area contributed by atoms with E-state index >= 15 is 0 Å². The lowest BCUT2D eigenvalue weighted by Gasteiger charge is -2.22. The van der Waals surface area contributed by atoms with Crippen LogP contribution in [0.15, 0.2) is 91.1 Å². The van der Waals surface area contributed by atoms with Crippen molar-refractivity contribution >= 4 is 10.8 Å². The van der Waals surface area contributed by atoms with Crippen LogP contribution in [0.3, 0.4) is 0 Å². The third-order valence-electron chi connectivity index (χ3n) is 4.66. The highest BCUT2D eigenvalue weighted by Gasteiger charge is 2.43. The summed E-state index contributed by atoms with van der Waals surface area (Å²) in [6, 6.07) is 24.9. The first kappa shape index (κ1) is 17.3. The number of hydrogen-bond donors (Lipinski definition) is 0. The molecule has 0 bridgehead atoms. The number of nitrogens with zero attached hydrogens (tertiary/aromatic N) is 1. The van der Waals surface area contributed by atoms with Gasteiger partial charge in [-0.2, -0.15) is 13.2 Å². The van der Waals surface area contributed by atoms with Gasteiger partial charge in [0.05, 0.1) is 5.69 Å². The molecule has 134 valence electrons. The molecule has 3 aromatic carbocycles. The fourth-order valence-corrected chi connectivity index (χ4v) is 3.37. The largest absolute Gasteiger partial charge is 0.401 e. The van der Waals surface area contributed by atoms with E-state index in [0.29, 0.717) is 5.39 Å². The van der Waals surface area contributed by atoms with Crippen molar-refractivity contribution in [3.05, 3.63) is 102 Å². The molecule has 0 amide bonds. The molecule has 27 heavy (non-hydrogen) atoms. The molecule has 0 fully saturated rings. The highest BCUT2D eigenvalue weighted by Crippen LogP contribution is 2.42. The van der Waals surface area contributed by atoms with Crippen LogP contribution in [0.5, 0.6) is 0 Å². The third kappa shape index (κ3) is 3.43. The van der Waals surface area contributed by atoms with E-state index < -0.39 is 12.1 Å². The van der Waals surface area contributed by atoms with Crippen molar-refractivity contribution in [1.82, 2.24) is 4.98 Å². The standard InChI is InChI=1S/C23H16F3N/c24-23(25,26)21(22-20-9-5-4-8-18(20)14-15-27-22)19-12-10-17(11-13-19)16-6-2-1-3-7-16/h1-15,21H. The number of rotatable bonds is 3. The Balaban J connectivity index is 1.82. The average molecular weight is 363 g/mol. The van der Waals surface area contributed by atoms with Crippen molar-refractivity contribution in [3.63, 3.8) is 0 Å². The lowest BCUT2D eigenvalue weighted by Crippen LogP contribution is -2.23. The zero-order valence-corrected chi connectivity index (χ0v) is 14.3. The average Bonchev–Trinajstić information content (AvgIpc) is 2.69. The number of halogens is 3. The predicted octanol–water partition coefficient (Wildman–Crippen LogP) is 6.60. The summed E-state index contributed by atoms with van der Waals surface area (Å²) in [5.74, 6) is -1.77. The molecule has 1 heterocycles. The van der Waals surface area contributed by atoms with Crippen LogP contribution in [0, 0.1) is 0 Å². The third-order valence-corrected chi connectivity index (χ3v) is 4.66. The second kappa shape index (κ2) is 6.88. The number of benzene rings is 3. The van der Waals surface area contributed by atoms with Gasteiger partial charge in [-0.1, -0.05) is 78.9 Å². The van der Waals surface area contributed by atoms with Gasteiger partial charge in [0.1, 0.15) is 5.92 Å². The van der Waals surface area contributed by atoms with Gasteiger partial charge in [-0.15, -0.1) is 0 Å². The molecular formula is C23H16F3N. The van der Waals surface area contributed by atoms with Gasteiger partial charge in [0.2, 0.25) is 0 Å². The van der Waals surface area contributed by atoms with Gasteiger partial charge < -0.3 is 0 Å². The second-order valence-electron chi connectivity index (χ2n) is 6.38. The molecule has 4 aromatic rings. The van der Waals surface area contributed by atoms with E-state index in [4.69, 9.17) is 0 Å². The Kier molecular flexibility index (Phi) is 4.40. The van der Waals surface area contributed by atoms with Crippen LogP contribution >= 0.6 is 0 Å².